The average molecular weight is 435 g/mol. The molecule has 0 aliphatic carbocycles. The lowest BCUT2D eigenvalue weighted by atomic mass is 10.0. The number of likely N-dealkylation sites (tertiary alicyclic amines) is 1. The van der Waals surface area contributed by atoms with Gasteiger partial charge in [0.05, 0.1) is 5.56 Å². The Hall–Kier alpha value is -2.05. The van der Waals surface area contributed by atoms with Gasteiger partial charge in [-0.05, 0) is 81.8 Å². The molecular weight excluding hydrogens is 401 g/mol. The predicted molar refractivity (Wildman–Crippen MR) is 118 cm³/mol. The van der Waals surface area contributed by atoms with Crippen molar-refractivity contribution in [1.29, 1.82) is 0 Å². The highest BCUT2D eigenvalue weighted by Crippen LogP contribution is 2.32. The van der Waals surface area contributed by atoms with Crippen molar-refractivity contribution in [2.24, 2.45) is 0 Å². The summed E-state index contributed by atoms with van der Waals surface area (Å²) in [5.41, 5.74) is 1.68. The number of piperidine rings is 1. The standard InChI is InChI=1S/C25H33F3N2O/c1-29(2)18-15-24(31-23-12-10-22(11-13-23)25(26,27)28)21-8-6-20(7-9-21)14-19-30-16-4-3-5-17-30/h6-13,24H,3-5,14-19H2,1-2H3. The molecule has 1 unspecified atom stereocenters. The van der Waals surface area contributed by atoms with Gasteiger partial charge in [-0.25, -0.2) is 0 Å². The number of hydrogen-bond donors (Lipinski definition) is 0. The first-order valence-corrected chi connectivity index (χ1v) is 11.1. The Kier molecular flexibility index (Phi) is 8.38. The lowest BCUT2D eigenvalue weighted by Gasteiger charge is -2.26. The van der Waals surface area contributed by atoms with E-state index in [4.69, 9.17) is 4.74 Å². The fourth-order valence-corrected chi connectivity index (χ4v) is 3.93. The van der Waals surface area contributed by atoms with Crippen molar-refractivity contribution in [3.63, 3.8) is 0 Å². The van der Waals surface area contributed by atoms with Crippen LogP contribution in [0.2, 0.25) is 0 Å². The van der Waals surface area contributed by atoms with Gasteiger partial charge in [0.2, 0.25) is 0 Å². The summed E-state index contributed by atoms with van der Waals surface area (Å²) in [6.07, 6.45) is 1.17. The van der Waals surface area contributed by atoms with Crippen molar-refractivity contribution < 1.29 is 17.9 Å². The Morgan fingerprint density at radius 2 is 1.58 bits per heavy atom. The van der Waals surface area contributed by atoms with E-state index in [1.54, 1.807) is 0 Å². The van der Waals surface area contributed by atoms with Gasteiger partial charge in [-0.1, -0.05) is 30.7 Å². The maximum Gasteiger partial charge on any atom is 0.416 e. The van der Waals surface area contributed by atoms with Crippen LogP contribution in [0.4, 0.5) is 13.2 Å². The van der Waals surface area contributed by atoms with Gasteiger partial charge in [-0.3, -0.25) is 0 Å². The molecule has 31 heavy (non-hydrogen) atoms. The summed E-state index contributed by atoms with van der Waals surface area (Å²) >= 11 is 0. The van der Waals surface area contributed by atoms with Gasteiger partial charge in [-0.2, -0.15) is 13.2 Å². The Labute approximate surface area is 183 Å². The molecule has 1 aliphatic heterocycles. The van der Waals surface area contributed by atoms with E-state index in [0.29, 0.717) is 5.75 Å². The minimum absolute atomic E-state index is 0.213. The van der Waals surface area contributed by atoms with Crippen molar-refractivity contribution in [1.82, 2.24) is 9.80 Å². The van der Waals surface area contributed by atoms with E-state index in [1.165, 1.54) is 50.0 Å². The SMILES string of the molecule is CN(C)CCC(Oc1ccc(C(F)(F)F)cc1)c1ccc(CCN2CCCCC2)cc1. The van der Waals surface area contributed by atoms with Crippen LogP contribution >= 0.6 is 0 Å². The van der Waals surface area contributed by atoms with Gasteiger partial charge in [0, 0.05) is 19.5 Å². The summed E-state index contributed by atoms with van der Waals surface area (Å²) in [4.78, 5) is 4.61. The summed E-state index contributed by atoms with van der Waals surface area (Å²) in [5.74, 6) is 0.450. The summed E-state index contributed by atoms with van der Waals surface area (Å²) in [6.45, 7) is 4.31. The van der Waals surface area contributed by atoms with Gasteiger partial charge >= 0.3 is 6.18 Å². The molecule has 170 valence electrons. The second-order valence-electron chi connectivity index (χ2n) is 8.61. The molecule has 2 aromatic carbocycles. The molecule has 1 fully saturated rings. The first kappa shape index (κ1) is 23.6. The first-order chi connectivity index (χ1) is 14.8. The molecule has 3 rings (SSSR count). The average Bonchev–Trinajstić information content (AvgIpc) is 2.76. The van der Waals surface area contributed by atoms with E-state index in [-0.39, 0.29) is 6.10 Å². The van der Waals surface area contributed by atoms with E-state index in [1.807, 2.05) is 14.1 Å². The molecule has 1 heterocycles. The maximum atomic E-state index is 12.8. The lowest BCUT2D eigenvalue weighted by molar-refractivity contribution is -0.137. The third-order valence-corrected chi connectivity index (χ3v) is 5.82. The zero-order chi connectivity index (χ0) is 22.3. The van der Waals surface area contributed by atoms with Gasteiger partial charge in [-0.15, -0.1) is 0 Å². The molecule has 0 aromatic heterocycles. The Bertz CT molecular complexity index is 782. The number of hydrogen-bond acceptors (Lipinski definition) is 3. The fourth-order valence-electron chi connectivity index (χ4n) is 3.93. The number of rotatable bonds is 9. The van der Waals surface area contributed by atoms with Crippen LogP contribution in [0, 0.1) is 0 Å². The highest BCUT2D eigenvalue weighted by atomic mass is 19.4. The maximum absolute atomic E-state index is 12.8. The van der Waals surface area contributed by atoms with E-state index in [2.05, 4.69) is 34.1 Å². The van der Waals surface area contributed by atoms with Crippen molar-refractivity contribution in [3.8, 4) is 5.75 Å². The van der Waals surface area contributed by atoms with E-state index < -0.39 is 11.7 Å². The Morgan fingerprint density at radius 3 is 2.16 bits per heavy atom. The van der Waals surface area contributed by atoms with Crippen molar-refractivity contribution in [3.05, 3.63) is 65.2 Å². The highest BCUT2D eigenvalue weighted by Gasteiger charge is 2.30. The first-order valence-electron chi connectivity index (χ1n) is 11.1. The van der Waals surface area contributed by atoms with Crippen LogP contribution in [0.5, 0.6) is 5.75 Å². The number of alkyl halides is 3. The third-order valence-electron chi connectivity index (χ3n) is 5.82. The molecule has 0 amide bonds. The molecule has 0 N–H and O–H groups in total. The summed E-state index contributed by atoms with van der Waals surface area (Å²) < 4.78 is 44.6. The smallest absolute Gasteiger partial charge is 0.416 e. The molecule has 0 saturated carbocycles. The quantitative estimate of drug-likeness (QED) is 0.496. The van der Waals surface area contributed by atoms with E-state index >= 15 is 0 Å². The monoisotopic (exact) mass is 434 g/mol. The summed E-state index contributed by atoms with van der Waals surface area (Å²) in [6, 6.07) is 13.4. The Balaban J connectivity index is 1.64. The largest absolute Gasteiger partial charge is 0.486 e. The fraction of sp³-hybridized carbons (Fsp3) is 0.520. The van der Waals surface area contributed by atoms with Gasteiger partial charge in [0.15, 0.2) is 0 Å². The molecule has 0 radical (unpaired) electrons. The Morgan fingerprint density at radius 1 is 0.935 bits per heavy atom. The molecule has 1 aliphatic rings. The van der Waals surface area contributed by atoms with E-state index in [0.717, 1.165) is 43.6 Å². The number of ether oxygens (including phenoxy) is 1. The number of benzene rings is 2. The third kappa shape index (κ3) is 7.54. The van der Waals surface area contributed by atoms with Crippen LogP contribution < -0.4 is 4.74 Å². The lowest BCUT2D eigenvalue weighted by Crippen LogP contribution is -2.31. The minimum Gasteiger partial charge on any atom is -0.486 e. The molecule has 3 nitrogen and oxygen atoms in total. The normalized spacial score (nSPS) is 16.5. The van der Waals surface area contributed by atoms with Gasteiger partial charge in [0.25, 0.3) is 0 Å². The summed E-state index contributed by atoms with van der Waals surface area (Å²) in [7, 11) is 4.00. The molecule has 6 heteroatoms. The highest BCUT2D eigenvalue weighted by molar-refractivity contribution is 5.31. The molecule has 0 spiro atoms. The number of nitrogens with zero attached hydrogens (tertiary/aromatic N) is 2. The molecule has 2 aromatic rings. The van der Waals surface area contributed by atoms with Crippen LogP contribution in [0.25, 0.3) is 0 Å². The molecular formula is C25H33F3N2O. The predicted octanol–water partition coefficient (Wildman–Crippen LogP) is 5.81. The zero-order valence-electron chi connectivity index (χ0n) is 18.5. The van der Waals surface area contributed by atoms with Gasteiger partial charge < -0.3 is 14.5 Å². The number of halogens is 3. The van der Waals surface area contributed by atoms with Crippen LogP contribution in [0.15, 0.2) is 48.5 Å². The van der Waals surface area contributed by atoms with Crippen molar-refractivity contribution in [2.75, 3.05) is 40.3 Å². The van der Waals surface area contributed by atoms with Crippen LogP contribution in [0.1, 0.15) is 48.5 Å². The topological polar surface area (TPSA) is 15.7 Å². The summed E-state index contributed by atoms with van der Waals surface area (Å²) in [5, 5.41) is 0. The second-order valence-corrected chi connectivity index (χ2v) is 8.61. The van der Waals surface area contributed by atoms with E-state index in [9.17, 15) is 13.2 Å². The van der Waals surface area contributed by atoms with Crippen LogP contribution in [0.3, 0.4) is 0 Å². The zero-order valence-corrected chi connectivity index (χ0v) is 18.5. The molecule has 1 saturated heterocycles. The molecule has 1 atom stereocenters. The van der Waals surface area contributed by atoms with Crippen molar-refractivity contribution >= 4 is 0 Å². The van der Waals surface area contributed by atoms with Gasteiger partial charge in [0.1, 0.15) is 11.9 Å². The minimum atomic E-state index is -4.34. The van der Waals surface area contributed by atoms with Crippen LogP contribution in [-0.4, -0.2) is 50.1 Å². The van der Waals surface area contributed by atoms with Crippen molar-refractivity contribution in [2.45, 2.75) is 44.4 Å². The molecule has 0 bridgehead atoms. The van der Waals surface area contributed by atoms with Crippen LogP contribution in [-0.2, 0) is 12.6 Å². The second kappa shape index (κ2) is 11.0.